The molecule has 28 heavy (non-hydrogen) atoms. The molecule has 0 saturated heterocycles. The van der Waals surface area contributed by atoms with Crippen molar-refractivity contribution in [2.75, 3.05) is 11.6 Å². The molecule has 1 aliphatic carbocycles. The Bertz CT molecular complexity index is 968. The average molecular weight is 399 g/mol. The van der Waals surface area contributed by atoms with Gasteiger partial charge in [0.25, 0.3) is 0 Å². The van der Waals surface area contributed by atoms with E-state index in [1.54, 1.807) is 23.1 Å². The molecular weight excluding hydrogens is 378 g/mol. The van der Waals surface area contributed by atoms with Crippen LogP contribution in [0.4, 0.5) is 10.6 Å². The van der Waals surface area contributed by atoms with Gasteiger partial charge in [0.05, 0.1) is 11.9 Å². The van der Waals surface area contributed by atoms with Crippen molar-refractivity contribution in [1.29, 1.82) is 0 Å². The number of aromatic nitrogens is 5. The minimum Gasteiger partial charge on any atom is -0.446 e. The third-order valence-electron chi connectivity index (χ3n) is 4.78. The minimum absolute atomic E-state index is 0.0875. The highest BCUT2D eigenvalue weighted by Crippen LogP contribution is 2.25. The van der Waals surface area contributed by atoms with Gasteiger partial charge in [0.1, 0.15) is 11.9 Å². The standard InChI is InChI=1S/C18H21N7O2S/c1-28-18-21-8-11(9-22-18)14-10-20-16-7-6-15(24-25(14)16)23-12-2-4-13(5-3-12)27-17(19)26/h6-10,12-13H,2-5H2,1H3,(H2,19,26)(H,23,24). The van der Waals surface area contributed by atoms with Crippen LogP contribution < -0.4 is 11.1 Å². The quantitative estimate of drug-likeness (QED) is 0.496. The lowest BCUT2D eigenvalue weighted by Crippen LogP contribution is -2.32. The fourth-order valence-electron chi connectivity index (χ4n) is 3.40. The van der Waals surface area contributed by atoms with Crippen LogP contribution in [0, 0.1) is 0 Å². The summed E-state index contributed by atoms with van der Waals surface area (Å²) in [5.41, 5.74) is 7.55. The maximum absolute atomic E-state index is 10.9. The number of ether oxygens (including phenoxy) is 1. The fraction of sp³-hybridized carbons (Fsp3) is 0.389. The summed E-state index contributed by atoms with van der Waals surface area (Å²) in [5.74, 6) is 0.771. The maximum atomic E-state index is 10.9. The molecule has 1 fully saturated rings. The van der Waals surface area contributed by atoms with Crippen LogP contribution in [-0.4, -0.2) is 49.1 Å². The number of imidazole rings is 1. The summed E-state index contributed by atoms with van der Waals surface area (Å²) in [7, 11) is 0. The molecule has 1 amide bonds. The van der Waals surface area contributed by atoms with Crippen LogP contribution >= 0.6 is 11.8 Å². The predicted molar refractivity (Wildman–Crippen MR) is 106 cm³/mol. The molecule has 3 aromatic heterocycles. The fourth-order valence-corrected chi connectivity index (χ4v) is 3.72. The van der Waals surface area contributed by atoms with Crippen molar-refractivity contribution >= 4 is 29.3 Å². The van der Waals surface area contributed by atoms with E-state index in [2.05, 4.69) is 20.3 Å². The van der Waals surface area contributed by atoms with Gasteiger partial charge in [-0.15, -0.1) is 5.10 Å². The second-order valence-electron chi connectivity index (χ2n) is 6.65. The van der Waals surface area contributed by atoms with E-state index in [9.17, 15) is 4.79 Å². The number of amides is 1. The van der Waals surface area contributed by atoms with Gasteiger partial charge >= 0.3 is 6.09 Å². The van der Waals surface area contributed by atoms with Crippen LogP contribution in [0.3, 0.4) is 0 Å². The number of nitrogens with zero attached hydrogens (tertiary/aromatic N) is 5. The first-order valence-electron chi connectivity index (χ1n) is 9.06. The molecule has 3 heterocycles. The molecule has 10 heteroatoms. The summed E-state index contributed by atoms with van der Waals surface area (Å²) in [5, 5.41) is 8.89. The Kier molecular flexibility index (Phi) is 5.29. The first-order valence-corrected chi connectivity index (χ1v) is 10.3. The number of hydrogen-bond donors (Lipinski definition) is 2. The van der Waals surface area contributed by atoms with Gasteiger partial charge in [0.2, 0.25) is 0 Å². The Morgan fingerprint density at radius 1 is 1.18 bits per heavy atom. The number of primary amides is 1. The van der Waals surface area contributed by atoms with Gasteiger partial charge in [0, 0.05) is 24.0 Å². The Hall–Kier alpha value is -2.88. The molecule has 3 N–H and O–H groups in total. The first kappa shape index (κ1) is 18.5. The van der Waals surface area contributed by atoms with Crippen molar-refractivity contribution in [2.45, 2.75) is 43.0 Å². The van der Waals surface area contributed by atoms with Crippen LogP contribution in [0.15, 0.2) is 35.9 Å². The van der Waals surface area contributed by atoms with Crippen molar-refractivity contribution in [1.82, 2.24) is 24.6 Å². The highest BCUT2D eigenvalue weighted by Gasteiger charge is 2.23. The molecule has 9 nitrogen and oxygen atoms in total. The number of carbonyl (C=O) groups is 1. The molecule has 146 valence electrons. The van der Waals surface area contributed by atoms with Crippen molar-refractivity contribution < 1.29 is 9.53 Å². The van der Waals surface area contributed by atoms with Crippen molar-refractivity contribution in [2.24, 2.45) is 5.73 Å². The van der Waals surface area contributed by atoms with Gasteiger partial charge < -0.3 is 15.8 Å². The second kappa shape index (κ2) is 8.01. The number of hydrogen-bond acceptors (Lipinski definition) is 8. The van der Waals surface area contributed by atoms with Crippen molar-refractivity contribution in [3.63, 3.8) is 0 Å². The molecule has 0 aromatic carbocycles. The Morgan fingerprint density at radius 2 is 1.93 bits per heavy atom. The smallest absolute Gasteiger partial charge is 0.404 e. The largest absolute Gasteiger partial charge is 0.446 e. The van der Waals surface area contributed by atoms with Gasteiger partial charge in [-0.1, -0.05) is 11.8 Å². The van der Waals surface area contributed by atoms with Gasteiger partial charge in [-0.2, -0.15) is 0 Å². The monoisotopic (exact) mass is 399 g/mol. The molecule has 0 spiro atoms. The zero-order chi connectivity index (χ0) is 19.5. The predicted octanol–water partition coefficient (Wildman–Crippen LogP) is 2.73. The van der Waals surface area contributed by atoms with E-state index in [4.69, 9.17) is 15.6 Å². The molecule has 3 aromatic rings. The number of nitrogens with one attached hydrogen (secondary N) is 1. The number of fused-ring (bicyclic) bond motifs is 1. The molecule has 1 aliphatic rings. The summed E-state index contributed by atoms with van der Waals surface area (Å²) in [6.45, 7) is 0. The van der Waals surface area contributed by atoms with Crippen molar-refractivity contribution in [3.05, 3.63) is 30.7 Å². The van der Waals surface area contributed by atoms with Crippen LogP contribution in [-0.2, 0) is 4.74 Å². The van der Waals surface area contributed by atoms with Gasteiger partial charge in [-0.25, -0.2) is 24.3 Å². The van der Waals surface area contributed by atoms with E-state index in [-0.39, 0.29) is 12.1 Å². The average Bonchev–Trinajstić information content (AvgIpc) is 3.12. The number of thioether (sulfide) groups is 1. The van der Waals surface area contributed by atoms with E-state index in [0.717, 1.165) is 53.6 Å². The lowest BCUT2D eigenvalue weighted by atomic mass is 9.93. The van der Waals surface area contributed by atoms with E-state index in [1.807, 2.05) is 18.4 Å². The van der Waals surface area contributed by atoms with Crippen LogP contribution in [0.1, 0.15) is 25.7 Å². The van der Waals surface area contributed by atoms with Crippen molar-refractivity contribution in [3.8, 4) is 11.3 Å². The summed E-state index contributed by atoms with van der Waals surface area (Å²) < 4.78 is 6.88. The Labute approximate surface area is 166 Å². The zero-order valence-corrected chi connectivity index (χ0v) is 16.2. The van der Waals surface area contributed by atoms with Gasteiger partial charge in [-0.3, -0.25) is 0 Å². The summed E-state index contributed by atoms with van der Waals surface area (Å²) in [6, 6.07) is 4.12. The number of anilines is 1. The minimum atomic E-state index is -0.703. The molecule has 1 saturated carbocycles. The molecule has 0 unspecified atom stereocenters. The number of rotatable bonds is 5. The highest BCUT2D eigenvalue weighted by atomic mass is 32.2. The topological polar surface area (TPSA) is 120 Å². The van der Waals surface area contributed by atoms with E-state index < -0.39 is 6.09 Å². The summed E-state index contributed by atoms with van der Waals surface area (Å²) in [6.07, 6.45) is 9.84. The SMILES string of the molecule is CSc1ncc(-c2cnc3ccc(NC4CCC(OC(N)=O)CC4)nn23)cn1. The summed E-state index contributed by atoms with van der Waals surface area (Å²) in [4.78, 5) is 23.9. The highest BCUT2D eigenvalue weighted by molar-refractivity contribution is 7.98. The second-order valence-corrected chi connectivity index (χ2v) is 7.42. The van der Waals surface area contributed by atoms with Crippen LogP contribution in [0.2, 0.25) is 0 Å². The van der Waals surface area contributed by atoms with E-state index >= 15 is 0 Å². The zero-order valence-electron chi connectivity index (χ0n) is 15.4. The third-order valence-corrected chi connectivity index (χ3v) is 5.35. The van der Waals surface area contributed by atoms with Gasteiger partial charge in [0.15, 0.2) is 10.8 Å². The van der Waals surface area contributed by atoms with E-state index in [0.29, 0.717) is 0 Å². The molecule has 0 radical (unpaired) electrons. The van der Waals surface area contributed by atoms with Crippen LogP contribution in [0.25, 0.3) is 16.9 Å². The maximum Gasteiger partial charge on any atom is 0.404 e. The Morgan fingerprint density at radius 3 is 2.61 bits per heavy atom. The molecule has 0 bridgehead atoms. The molecule has 4 rings (SSSR count). The molecule has 0 aliphatic heterocycles. The normalized spacial score (nSPS) is 19.5. The number of carbonyl (C=O) groups excluding carboxylic acids is 1. The van der Waals surface area contributed by atoms with E-state index in [1.165, 1.54) is 11.8 Å². The first-order chi connectivity index (χ1) is 13.6. The number of nitrogens with two attached hydrogens (primary N) is 1. The molecular formula is C18H21N7O2S. The molecule has 0 atom stereocenters. The lowest BCUT2D eigenvalue weighted by Gasteiger charge is -2.28. The van der Waals surface area contributed by atoms with Crippen LogP contribution in [0.5, 0.6) is 0 Å². The van der Waals surface area contributed by atoms with Gasteiger partial charge in [-0.05, 0) is 44.1 Å². The summed E-state index contributed by atoms with van der Waals surface area (Å²) >= 11 is 1.50. The lowest BCUT2D eigenvalue weighted by molar-refractivity contribution is 0.0805. The third kappa shape index (κ3) is 4.01. The Balaban J connectivity index is 1.49.